The molecular weight excluding hydrogens is 302 g/mol. The van der Waals surface area contributed by atoms with E-state index in [0.717, 1.165) is 0 Å². The molecule has 0 aliphatic heterocycles. The Morgan fingerprint density at radius 3 is 2.89 bits per heavy atom. The highest BCUT2D eigenvalue weighted by molar-refractivity contribution is 9.10. The standard InChI is InChI=1S/C11H8BrN3O3/c12-9-2-1-8(11(3-9)15(17)18)4-14-5-10(6-16)13-7-14/h1-3,5-7H,4H2. The van der Waals surface area contributed by atoms with Gasteiger partial charge in [-0.3, -0.25) is 14.9 Å². The van der Waals surface area contributed by atoms with Crippen LogP contribution in [0, 0.1) is 10.1 Å². The minimum Gasteiger partial charge on any atom is -0.332 e. The van der Waals surface area contributed by atoms with Gasteiger partial charge in [0.1, 0.15) is 5.69 Å². The van der Waals surface area contributed by atoms with E-state index in [4.69, 9.17) is 0 Å². The second-order valence-corrected chi connectivity index (χ2v) is 4.53. The van der Waals surface area contributed by atoms with Crippen LogP contribution in [-0.4, -0.2) is 20.8 Å². The van der Waals surface area contributed by atoms with Gasteiger partial charge in [0.05, 0.1) is 17.8 Å². The smallest absolute Gasteiger partial charge is 0.275 e. The number of hydrogen-bond donors (Lipinski definition) is 0. The number of benzene rings is 1. The van der Waals surface area contributed by atoms with Gasteiger partial charge in [0.25, 0.3) is 5.69 Å². The Labute approximate surface area is 111 Å². The molecule has 1 heterocycles. The van der Waals surface area contributed by atoms with Crippen molar-refractivity contribution in [3.63, 3.8) is 0 Å². The summed E-state index contributed by atoms with van der Waals surface area (Å²) < 4.78 is 2.28. The summed E-state index contributed by atoms with van der Waals surface area (Å²) in [6, 6.07) is 4.86. The third kappa shape index (κ3) is 2.62. The topological polar surface area (TPSA) is 78.0 Å². The van der Waals surface area contributed by atoms with E-state index in [2.05, 4.69) is 20.9 Å². The molecule has 0 saturated carbocycles. The maximum absolute atomic E-state index is 10.9. The fraction of sp³-hybridized carbons (Fsp3) is 0.0909. The fourth-order valence-electron chi connectivity index (χ4n) is 1.56. The highest BCUT2D eigenvalue weighted by Gasteiger charge is 2.14. The van der Waals surface area contributed by atoms with Crippen molar-refractivity contribution in [2.75, 3.05) is 0 Å². The third-order valence-corrected chi connectivity index (χ3v) is 2.86. The molecule has 0 atom stereocenters. The number of imidazole rings is 1. The summed E-state index contributed by atoms with van der Waals surface area (Å²) in [7, 11) is 0. The zero-order chi connectivity index (χ0) is 13.1. The largest absolute Gasteiger partial charge is 0.332 e. The second-order valence-electron chi connectivity index (χ2n) is 3.62. The summed E-state index contributed by atoms with van der Waals surface area (Å²) in [5.74, 6) is 0. The lowest BCUT2D eigenvalue weighted by Gasteiger charge is -2.04. The normalized spacial score (nSPS) is 10.3. The number of halogens is 1. The van der Waals surface area contributed by atoms with Crippen molar-refractivity contribution in [1.29, 1.82) is 0 Å². The average molecular weight is 310 g/mol. The number of nitro benzene ring substituents is 1. The van der Waals surface area contributed by atoms with Crippen LogP contribution in [0.5, 0.6) is 0 Å². The Morgan fingerprint density at radius 1 is 1.50 bits per heavy atom. The molecule has 7 heteroatoms. The molecule has 18 heavy (non-hydrogen) atoms. The number of nitrogens with zero attached hydrogens (tertiary/aromatic N) is 3. The molecule has 6 nitrogen and oxygen atoms in total. The van der Waals surface area contributed by atoms with E-state index in [1.807, 2.05) is 0 Å². The molecule has 0 radical (unpaired) electrons. The predicted octanol–water partition coefficient (Wildman–Crippen LogP) is 2.41. The van der Waals surface area contributed by atoms with Crippen molar-refractivity contribution in [2.45, 2.75) is 6.54 Å². The number of aromatic nitrogens is 2. The van der Waals surface area contributed by atoms with E-state index < -0.39 is 4.92 Å². The molecule has 2 aromatic rings. The van der Waals surface area contributed by atoms with E-state index in [0.29, 0.717) is 28.6 Å². The second kappa shape index (κ2) is 5.09. The molecule has 1 aromatic carbocycles. The number of rotatable bonds is 4. The molecule has 2 rings (SSSR count). The van der Waals surface area contributed by atoms with Gasteiger partial charge in [0, 0.05) is 22.3 Å². The van der Waals surface area contributed by atoms with Crippen LogP contribution in [0.25, 0.3) is 0 Å². The Kier molecular flexibility index (Phi) is 3.52. The van der Waals surface area contributed by atoms with E-state index in [1.165, 1.54) is 12.4 Å². The molecule has 0 amide bonds. The zero-order valence-corrected chi connectivity index (χ0v) is 10.7. The van der Waals surface area contributed by atoms with Crippen LogP contribution in [-0.2, 0) is 6.54 Å². The van der Waals surface area contributed by atoms with Crippen molar-refractivity contribution >= 4 is 27.9 Å². The maximum Gasteiger partial charge on any atom is 0.275 e. The highest BCUT2D eigenvalue weighted by atomic mass is 79.9. The van der Waals surface area contributed by atoms with Gasteiger partial charge in [-0.15, -0.1) is 0 Å². The van der Waals surface area contributed by atoms with E-state index >= 15 is 0 Å². The Bertz CT molecular complexity index is 609. The lowest BCUT2D eigenvalue weighted by molar-refractivity contribution is -0.385. The van der Waals surface area contributed by atoms with E-state index in [9.17, 15) is 14.9 Å². The van der Waals surface area contributed by atoms with Gasteiger partial charge in [-0.05, 0) is 12.1 Å². The van der Waals surface area contributed by atoms with Crippen LogP contribution in [0.3, 0.4) is 0 Å². The van der Waals surface area contributed by atoms with Crippen molar-refractivity contribution in [2.24, 2.45) is 0 Å². The maximum atomic E-state index is 10.9. The third-order valence-electron chi connectivity index (χ3n) is 2.37. The summed E-state index contributed by atoms with van der Waals surface area (Å²) in [6.07, 6.45) is 3.64. The van der Waals surface area contributed by atoms with Gasteiger partial charge in [-0.25, -0.2) is 4.98 Å². The Balaban J connectivity index is 2.33. The number of hydrogen-bond acceptors (Lipinski definition) is 4. The van der Waals surface area contributed by atoms with Crippen molar-refractivity contribution < 1.29 is 9.72 Å². The molecule has 0 fully saturated rings. The van der Waals surface area contributed by atoms with Gasteiger partial charge in [0.2, 0.25) is 0 Å². The number of carbonyl (C=O) groups is 1. The molecular formula is C11H8BrN3O3. The summed E-state index contributed by atoms with van der Waals surface area (Å²) in [5.41, 5.74) is 0.888. The van der Waals surface area contributed by atoms with Gasteiger partial charge >= 0.3 is 0 Å². The van der Waals surface area contributed by atoms with E-state index in [1.54, 1.807) is 22.9 Å². The van der Waals surface area contributed by atoms with Crippen molar-refractivity contribution in [3.8, 4) is 0 Å². The van der Waals surface area contributed by atoms with Crippen molar-refractivity contribution in [3.05, 3.63) is 56.6 Å². The molecule has 0 spiro atoms. The lowest BCUT2D eigenvalue weighted by Crippen LogP contribution is -2.01. The van der Waals surface area contributed by atoms with Gasteiger partial charge in [-0.1, -0.05) is 15.9 Å². The van der Waals surface area contributed by atoms with Crippen LogP contribution in [0.4, 0.5) is 5.69 Å². The summed E-state index contributed by atoms with van der Waals surface area (Å²) in [4.78, 5) is 24.8. The van der Waals surface area contributed by atoms with Gasteiger partial charge in [-0.2, -0.15) is 0 Å². The van der Waals surface area contributed by atoms with E-state index in [-0.39, 0.29) is 5.69 Å². The highest BCUT2D eigenvalue weighted by Crippen LogP contribution is 2.24. The molecule has 1 aromatic heterocycles. The summed E-state index contributed by atoms with van der Waals surface area (Å²) >= 11 is 3.20. The minimum absolute atomic E-state index is 0.0331. The fourth-order valence-corrected chi connectivity index (χ4v) is 1.91. The molecule has 0 saturated heterocycles. The van der Waals surface area contributed by atoms with Gasteiger partial charge in [0.15, 0.2) is 6.29 Å². The zero-order valence-electron chi connectivity index (χ0n) is 9.12. The van der Waals surface area contributed by atoms with Crippen molar-refractivity contribution in [1.82, 2.24) is 9.55 Å². The molecule has 0 aliphatic rings. The lowest BCUT2D eigenvalue weighted by atomic mass is 10.2. The number of carbonyl (C=O) groups excluding carboxylic acids is 1. The summed E-state index contributed by atoms with van der Waals surface area (Å²) in [5, 5.41) is 10.9. The average Bonchev–Trinajstić information content (AvgIpc) is 2.79. The Morgan fingerprint density at radius 2 is 2.28 bits per heavy atom. The molecule has 0 unspecified atom stereocenters. The molecule has 0 bridgehead atoms. The quantitative estimate of drug-likeness (QED) is 0.493. The van der Waals surface area contributed by atoms with Gasteiger partial charge < -0.3 is 4.57 Å². The number of aldehydes is 1. The summed E-state index contributed by atoms with van der Waals surface area (Å²) in [6.45, 7) is 0.296. The van der Waals surface area contributed by atoms with Crippen LogP contribution >= 0.6 is 15.9 Å². The molecule has 0 aliphatic carbocycles. The first-order valence-electron chi connectivity index (χ1n) is 5.00. The molecule has 0 N–H and O–H groups in total. The van der Waals surface area contributed by atoms with Crippen LogP contribution in [0.15, 0.2) is 35.2 Å². The first kappa shape index (κ1) is 12.4. The van der Waals surface area contributed by atoms with Crippen LogP contribution in [0.1, 0.15) is 16.1 Å². The van der Waals surface area contributed by atoms with Crippen LogP contribution in [0.2, 0.25) is 0 Å². The Hall–Kier alpha value is -2.02. The first-order valence-corrected chi connectivity index (χ1v) is 5.79. The predicted molar refractivity (Wildman–Crippen MR) is 67.5 cm³/mol. The minimum atomic E-state index is -0.433. The number of nitro groups is 1. The molecule has 92 valence electrons. The first-order chi connectivity index (χ1) is 8.60. The monoisotopic (exact) mass is 309 g/mol. The SMILES string of the molecule is O=Cc1cn(Cc2ccc(Br)cc2[N+](=O)[O-])cn1. The van der Waals surface area contributed by atoms with Crippen LogP contribution < -0.4 is 0 Å².